The molecular formula is C16H12Cl2N4S. The Labute approximate surface area is 148 Å². The Hall–Kier alpha value is -1.95. The number of benzene rings is 2. The van der Waals surface area contributed by atoms with E-state index in [4.69, 9.17) is 28.9 Å². The van der Waals surface area contributed by atoms with Gasteiger partial charge < -0.3 is 11.1 Å². The maximum absolute atomic E-state index is 6.18. The molecule has 2 aromatic carbocycles. The van der Waals surface area contributed by atoms with Gasteiger partial charge >= 0.3 is 0 Å². The van der Waals surface area contributed by atoms with Gasteiger partial charge in [0.1, 0.15) is 17.0 Å². The molecule has 23 heavy (non-hydrogen) atoms. The highest BCUT2D eigenvalue weighted by Crippen LogP contribution is 2.34. The summed E-state index contributed by atoms with van der Waals surface area (Å²) < 4.78 is 0. The number of anilines is 3. The van der Waals surface area contributed by atoms with Crippen LogP contribution in [0.15, 0.2) is 64.8 Å². The van der Waals surface area contributed by atoms with E-state index in [0.29, 0.717) is 32.3 Å². The Kier molecular flexibility index (Phi) is 4.91. The SMILES string of the molecule is Nc1c(Nc2cc(Cl)cc(Cl)c2)ncnc1Sc1ccccc1. The molecule has 7 heteroatoms. The molecule has 0 spiro atoms. The van der Waals surface area contributed by atoms with Crippen molar-refractivity contribution in [2.75, 3.05) is 11.1 Å². The van der Waals surface area contributed by atoms with Crippen LogP contribution in [0, 0.1) is 0 Å². The van der Waals surface area contributed by atoms with E-state index in [-0.39, 0.29) is 0 Å². The van der Waals surface area contributed by atoms with E-state index >= 15 is 0 Å². The van der Waals surface area contributed by atoms with Crippen molar-refractivity contribution in [1.29, 1.82) is 0 Å². The molecule has 0 amide bonds. The fourth-order valence-electron chi connectivity index (χ4n) is 1.92. The summed E-state index contributed by atoms with van der Waals surface area (Å²) in [5.74, 6) is 0.511. The average molecular weight is 363 g/mol. The van der Waals surface area contributed by atoms with Crippen molar-refractivity contribution in [1.82, 2.24) is 9.97 Å². The van der Waals surface area contributed by atoms with Gasteiger partial charge in [0.25, 0.3) is 0 Å². The molecule has 0 saturated carbocycles. The number of nitrogens with two attached hydrogens (primary N) is 1. The highest BCUT2D eigenvalue weighted by molar-refractivity contribution is 7.99. The molecule has 3 N–H and O–H groups in total. The molecule has 0 aliphatic carbocycles. The zero-order valence-corrected chi connectivity index (χ0v) is 14.2. The second-order valence-corrected chi connectivity index (χ2v) is 6.57. The average Bonchev–Trinajstić information content (AvgIpc) is 2.51. The Morgan fingerprint density at radius 2 is 1.65 bits per heavy atom. The number of nitrogen functional groups attached to an aromatic ring is 1. The third-order valence-corrected chi connectivity index (χ3v) is 4.39. The van der Waals surface area contributed by atoms with Crippen LogP contribution in [-0.4, -0.2) is 9.97 Å². The molecule has 0 aliphatic rings. The molecule has 3 aromatic rings. The summed E-state index contributed by atoms with van der Waals surface area (Å²) in [6, 6.07) is 15.0. The van der Waals surface area contributed by atoms with Gasteiger partial charge in [0.05, 0.1) is 0 Å². The molecule has 0 bridgehead atoms. The van der Waals surface area contributed by atoms with Crippen LogP contribution >= 0.6 is 35.0 Å². The predicted octanol–water partition coefficient (Wildman–Crippen LogP) is 5.26. The number of aromatic nitrogens is 2. The van der Waals surface area contributed by atoms with E-state index in [2.05, 4.69) is 15.3 Å². The van der Waals surface area contributed by atoms with Crippen molar-refractivity contribution in [2.24, 2.45) is 0 Å². The van der Waals surface area contributed by atoms with Crippen LogP contribution in [0.1, 0.15) is 0 Å². The number of halogens is 2. The first-order chi connectivity index (χ1) is 11.1. The monoisotopic (exact) mass is 362 g/mol. The number of hydrogen-bond donors (Lipinski definition) is 2. The maximum atomic E-state index is 6.18. The third kappa shape index (κ3) is 4.07. The van der Waals surface area contributed by atoms with Gasteiger partial charge in [0.2, 0.25) is 0 Å². The zero-order chi connectivity index (χ0) is 16.2. The van der Waals surface area contributed by atoms with Gasteiger partial charge in [-0.1, -0.05) is 53.2 Å². The first-order valence-electron chi connectivity index (χ1n) is 6.68. The van der Waals surface area contributed by atoms with Crippen LogP contribution in [-0.2, 0) is 0 Å². The molecule has 0 fully saturated rings. The van der Waals surface area contributed by atoms with E-state index in [1.807, 2.05) is 30.3 Å². The van der Waals surface area contributed by atoms with Crippen LogP contribution in [0.25, 0.3) is 0 Å². The van der Waals surface area contributed by atoms with Crippen LogP contribution in [0.2, 0.25) is 10.0 Å². The van der Waals surface area contributed by atoms with E-state index in [0.717, 1.165) is 4.90 Å². The molecule has 0 atom stereocenters. The lowest BCUT2D eigenvalue weighted by Crippen LogP contribution is -2.02. The Balaban J connectivity index is 1.87. The fraction of sp³-hybridized carbons (Fsp3) is 0. The van der Waals surface area contributed by atoms with Crippen LogP contribution in [0.5, 0.6) is 0 Å². The third-order valence-electron chi connectivity index (χ3n) is 2.93. The van der Waals surface area contributed by atoms with E-state index < -0.39 is 0 Å². The number of nitrogens with zero attached hydrogens (tertiary/aromatic N) is 2. The van der Waals surface area contributed by atoms with Crippen LogP contribution in [0.4, 0.5) is 17.2 Å². The molecule has 0 aliphatic heterocycles. The largest absolute Gasteiger partial charge is 0.394 e. The topological polar surface area (TPSA) is 63.8 Å². The predicted molar refractivity (Wildman–Crippen MR) is 96.8 cm³/mol. The minimum absolute atomic E-state index is 0.470. The Morgan fingerprint density at radius 3 is 2.35 bits per heavy atom. The summed E-state index contributed by atoms with van der Waals surface area (Å²) >= 11 is 13.5. The number of hydrogen-bond acceptors (Lipinski definition) is 5. The maximum Gasteiger partial charge on any atom is 0.158 e. The summed E-state index contributed by atoms with van der Waals surface area (Å²) in [6.07, 6.45) is 1.47. The molecule has 3 rings (SSSR count). The first kappa shape index (κ1) is 15.9. The lowest BCUT2D eigenvalue weighted by Gasteiger charge is -2.11. The van der Waals surface area contributed by atoms with Gasteiger partial charge in [-0.2, -0.15) is 0 Å². The van der Waals surface area contributed by atoms with Crippen molar-refractivity contribution >= 4 is 52.2 Å². The molecule has 1 heterocycles. The Morgan fingerprint density at radius 1 is 0.957 bits per heavy atom. The summed E-state index contributed by atoms with van der Waals surface area (Å²) in [6.45, 7) is 0. The van der Waals surface area contributed by atoms with E-state index in [9.17, 15) is 0 Å². The summed E-state index contributed by atoms with van der Waals surface area (Å²) in [4.78, 5) is 9.48. The molecule has 1 aromatic heterocycles. The van der Waals surface area contributed by atoms with Gasteiger partial charge in [-0.05, 0) is 30.3 Å². The van der Waals surface area contributed by atoms with Crippen LogP contribution in [0.3, 0.4) is 0 Å². The summed E-state index contributed by atoms with van der Waals surface area (Å²) in [7, 11) is 0. The van der Waals surface area contributed by atoms with Gasteiger partial charge in [0.15, 0.2) is 5.82 Å². The normalized spacial score (nSPS) is 10.5. The lowest BCUT2D eigenvalue weighted by atomic mass is 10.3. The molecule has 116 valence electrons. The highest BCUT2D eigenvalue weighted by atomic mass is 35.5. The van der Waals surface area contributed by atoms with E-state index in [1.165, 1.54) is 18.1 Å². The van der Waals surface area contributed by atoms with Crippen molar-refractivity contribution in [3.05, 3.63) is 64.9 Å². The lowest BCUT2D eigenvalue weighted by molar-refractivity contribution is 1.06. The standard InChI is InChI=1S/C16H12Cl2N4S/c17-10-6-11(18)8-12(7-10)22-15-14(19)16(21-9-20-15)23-13-4-2-1-3-5-13/h1-9H,19H2,(H,20,21,22). The van der Waals surface area contributed by atoms with Crippen molar-refractivity contribution < 1.29 is 0 Å². The van der Waals surface area contributed by atoms with Crippen LogP contribution < -0.4 is 11.1 Å². The first-order valence-corrected chi connectivity index (χ1v) is 8.25. The number of rotatable bonds is 4. The van der Waals surface area contributed by atoms with E-state index in [1.54, 1.807) is 18.2 Å². The minimum Gasteiger partial charge on any atom is -0.394 e. The molecule has 0 saturated heterocycles. The van der Waals surface area contributed by atoms with Crippen molar-refractivity contribution in [3.63, 3.8) is 0 Å². The minimum atomic E-state index is 0.470. The smallest absolute Gasteiger partial charge is 0.158 e. The van der Waals surface area contributed by atoms with Crippen molar-refractivity contribution in [3.8, 4) is 0 Å². The molecule has 0 unspecified atom stereocenters. The quantitative estimate of drug-likeness (QED) is 0.619. The summed E-state index contributed by atoms with van der Waals surface area (Å²) in [5.41, 5.74) is 7.36. The molecule has 4 nitrogen and oxygen atoms in total. The zero-order valence-electron chi connectivity index (χ0n) is 11.8. The van der Waals surface area contributed by atoms with Gasteiger partial charge in [-0.3, -0.25) is 0 Å². The molecule has 0 radical (unpaired) electrons. The Bertz CT molecular complexity index is 807. The van der Waals surface area contributed by atoms with Crippen molar-refractivity contribution in [2.45, 2.75) is 9.92 Å². The van der Waals surface area contributed by atoms with Gasteiger partial charge in [0, 0.05) is 20.6 Å². The fourth-order valence-corrected chi connectivity index (χ4v) is 3.27. The van der Waals surface area contributed by atoms with Gasteiger partial charge in [-0.15, -0.1) is 0 Å². The summed E-state index contributed by atoms with van der Waals surface area (Å²) in [5, 5.41) is 4.87. The highest BCUT2D eigenvalue weighted by Gasteiger charge is 2.10. The van der Waals surface area contributed by atoms with Gasteiger partial charge in [-0.25, -0.2) is 9.97 Å². The number of nitrogens with one attached hydrogen (secondary N) is 1. The second-order valence-electron chi connectivity index (χ2n) is 4.64. The molecular weight excluding hydrogens is 351 g/mol. The second kappa shape index (κ2) is 7.08.